The molecule has 0 aliphatic heterocycles. The van der Waals surface area contributed by atoms with Crippen molar-refractivity contribution in [1.29, 1.82) is 0 Å². The molecular formula is C14H18N2O3. The predicted octanol–water partition coefficient (Wildman–Crippen LogP) is 2.00. The minimum Gasteiger partial charge on any atom is -0.459 e. The van der Waals surface area contributed by atoms with E-state index in [0.29, 0.717) is 18.7 Å². The third-order valence-corrected chi connectivity index (χ3v) is 2.84. The van der Waals surface area contributed by atoms with Gasteiger partial charge in [-0.15, -0.1) is 0 Å². The van der Waals surface area contributed by atoms with Crippen LogP contribution in [0.15, 0.2) is 34.7 Å². The Bertz CT molecular complexity index is 517. The quantitative estimate of drug-likeness (QED) is 0.771. The number of carbonyl (C=O) groups is 1. The Hall–Kier alpha value is -2.01. The first kappa shape index (κ1) is 13.4. The normalized spacial score (nSPS) is 12.3. The molecule has 19 heavy (non-hydrogen) atoms. The molecule has 1 heterocycles. The van der Waals surface area contributed by atoms with Gasteiger partial charge in [0.1, 0.15) is 11.3 Å². The molecule has 1 aromatic carbocycles. The number of urea groups is 1. The minimum absolute atomic E-state index is 0.0549. The number of amides is 2. The van der Waals surface area contributed by atoms with Crippen LogP contribution in [-0.4, -0.2) is 23.8 Å². The summed E-state index contributed by atoms with van der Waals surface area (Å²) < 4.78 is 5.59. The summed E-state index contributed by atoms with van der Waals surface area (Å²) in [5, 5.41) is 15.2. The number of hydrogen-bond donors (Lipinski definition) is 3. The second-order valence-electron chi connectivity index (χ2n) is 4.49. The van der Waals surface area contributed by atoms with Gasteiger partial charge in [0, 0.05) is 18.0 Å². The molecular weight excluding hydrogens is 244 g/mol. The molecule has 5 nitrogen and oxygen atoms in total. The van der Waals surface area contributed by atoms with Crippen molar-refractivity contribution in [3.05, 3.63) is 36.1 Å². The lowest BCUT2D eigenvalue weighted by atomic mass is 10.2. The van der Waals surface area contributed by atoms with E-state index in [4.69, 9.17) is 9.52 Å². The third kappa shape index (κ3) is 3.72. The molecule has 0 spiro atoms. The van der Waals surface area contributed by atoms with Gasteiger partial charge in [-0.05, 0) is 25.5 Å². The SMILES string of the molecule is C[C@H](CCO)NC(=O)NCc1cc2ccccc2o1. The second-order valence-corrected chi connectivity index (χ2v) is 4.49. The molecule has 0 saturated heterocycles. The number of rotatable bonds is 5. The summed E-state index contributed by atoms with van der Waals surface area (Å²) in [5.74, 6) is 0.714. The van der Waals surface area contributed by atoms with Crippen molar-refractivity contribution >= 4 is 17.0 Å². The van der Waals surface area contributed by atoms with E-state index in [1.165, 1.54) is 0 Å². The van der Waals surface area contributed by atoms with Crippen LogP contribution in [0.4, 0.5) is 4.79 Å². The Labute approximate surface area is 111 Å². The lowest BCUT2D eigenvalue weighted by Gasteiger charge is -2.12. The van der Waals surface area contributed by atoms with Gasteiger partial charge in [0.2, 0.25) is 0 Å². The Morgan fingerprint density at radius 1 is 1.42 bits per heavy atom. The Balaban J connectivity index is 1.86. The van der Waals surface area contributed by atoms with Crippen molar-refractivity contribution in [3.8, 4) is 0 Å². The van der Waals surface area contributed by atoms with Crippen LogP contribution in [0.3, 0.4) is 0 Å². The maximum absolute atomic E-state index is 11.6. The molecule has 0 aliphatic carbocycles. The predicted molar refractivity (Wildman–Crippen MR) is 72.8 cm³/mol. The van der Waals surface area contributed by atoms with Gasteiger partial charge in [0.25, 0.3) is 0 Å². The highest BCUT2D eigenvalue weighted by Crippen LogP contribution is 2.18. The molecule has 1 aromatic heterocycles. The van der Waals surface area contributed by atoms with Crippen LogP contribution in [0.5, 0.6) is 0 Å². The highest BCUT2D eigenvalue weighted by molar-refractivity contribution is 5.78. The number of nitrogens with one attached hydrogen (secondary N) is 2. The number of aliphatic hydroxyl groups is 1. The highest BCUT2D eigenvalue weighted by atomic mass is 16.3. The number of hydrogen-bond acceptors (Lipinski definition) is 3. The first-order valence-corrected chi connectivity index (χ1v) is 6.31. The lowest BCUT2D eigenvalue weighted by molar-refractivity contribution is 0.230. The molecule has 1 atom stereocenters. The molecule has 0 saturated carbocycles. The van der Waals surface area contributed by atoms with Crippen molar-refractivity contribution in [2.45, 2.75) is 25.9 Å². The Morgan fingerprint density at radius 2 is 2.21 bits per heavy atom. The van der Waals surface area contributed by atoms with Gasteiger partial charge in [0.05, 0.1) is 6.54 Å². The molecule has 0 bridgehead atoms. The molecule has 5 heteroatoms. The summed E-state index contributed by atoms with van der Waals surface area (Å²) in [5.41, 5.74) is 0.813. The average molecular weight is 262 g/mol. The van der Waals surface area contributed by atoms with Crippen molar-refractivity contribution in [3.63, 3.8) is 0 Å². The van der Waals surface area contributed by atoms with E-state index in [9.17, 15) is 4.79 Å². The number of furan rings is 1. The fourth-order valence-electron chi connectivity index (χ4n) is 1.83. The summed E-state index contributed by atoms with van der Waals surface area (Å²) in [7, 11) is 0. The van der Waals surface area contributed by atoms with E-state index in [1.54, 1.807) is 0 Å². The summed E-state index contributed by atoms with van der Waals surface area (Å²) in [6.45, 7) is 2.24. The maximum Gasteiger partial charge on any atom is 0.315 e. The van der Waals surface area contributed by atoms with Crippen molar-refractivity contribution in [2.24, 2.45) is 0 Å². The molecule has 2 rings (SSSR count). The van der Waals surface area contributed by atoms with E-state index in [0.717, 1.165) is 11.0 Å². The molecule has 2 amide bonds. The van der Waals surface area contributed by atoms with Gasteiger partial charge in [0.15, 0.2) is 0 Å². The van der Waals surface area contributed by atoms with Crippen molar-refractivity contribution < 1.29 is 14.3 Å². The summed E-state index contributed by atoms with van der Waals surface area (Å²) in [6, 6.07) is 9.30. The molecule has 102 valence electrons. The fourth-order valence-corrected chi connectivity index (χ4v) is 1.83. The van der Waals surface area contributed by atoms with E-state index >= 15 is 0 Å². The van der Waals surface area contributed by atoms with E-state index in [1.807, 2.05) is 37.3 Å². The second kappa shape index (κ2) is 6.24. The molecule has 0 unspecified atom stereocenters. The van der Waals surface area contributed by atoms with Crippen LogP contribution in [0.1, 0.15) is 19.1 Å². The monoisotopic (exact) mass is 262 g/mol. The summed E-state index contributed by atoms with van der Waals surface area (Å²) >= 11 is 0. The number of carbonyl (C=O) groups excluding carboxylic acids is 1. The van der Waals surface area contributed by atoms with E-state index in [2.05, 4.69) is 10.6 Å². The van der Waals surface area contributed by atoms with Gasteiger partial charge < -0.3 is 20.2 Å². The molecule has 0 radical (unpaired) electrons. The van der Waals surface area contributed by atoms with Crippen LogP contribution >= 0.6 is 0 Å². The van der Waals surface area contributed by atoms with Gasteiger partial charge >= 0.3 is 6.03 Å². The zero-order chi connectivity index (χ0) is 13.7. The Kier molecular flexibility index (Phi) is 4.41. The Morgan fingerprint density at radius 3 is 2.95 bits per heavy atom. The first-order chi connectivity index (χ1) is 9.19. The van der Waals surface area contributed by atoms with Crippen LogP contribution in [0.2, 0.25) is 0 Å². The zero-order valence-corrected chi connectivity index (χ0v) is 10.8. The first-order valence-electron chi connectivity index (χ1n) is 6.31. The van der Waals surface area contributed by atoms with Gasteiger partial charge in [-0.1, -0.05) is 18.2 Å². The third-order valence-electron chi connectivity index (χ3n) is 2.84. The highest BCUT2D eigenvalue weighted by Gasteiger charge is 2.08. The van der Waals surface area contributed by atoms with E-state index in [-0.39, 0.29) is 18.7 Å². The fraction of sp³-hybridized carbons (Fsp3) is 0.357. The van der Waals surface area contributed by atoms with Gasteiger partial charge in [-0.2, -0.15) is 0 Å². The minimum atomic E-state index is -0.263. The number of para-hydroxylation sites is 1. The standard InChI is InChI=1S/C14H18N2O3/c1-10(6-7-17)16-14(18)15-9-12-8-11-4-2-3-5-13(11)19-12/h2-5,8,10,17H,6-7,9H2,1H3,(H2,15,16,18)/t10-/m1/s1. The number of aliphatic hydroxyl groups excluding tert-OH is 1. The molecule has 0 fully saturated rings. The van der Waals surface area contributed by atoms with Gasteiger partial charge in [-0.25, -0.2) is 4.79 Å². The van der Waals surface area contributed by atoms with Crippen LogP contribution in [0.25, 0.3) is 11.0 Å². The van der Waals surface area contributed by atoms with Gasteiger partial charge in [-0.3, -0.25) is 0 Å². The summed E-state index contributed by atoms with van der Waals surface area (Å²) in [6.07, 6.45) is 0.540. The molecule has 2 aromatic rings. The average Bonchev–Trinajstić information content (AvgIpc) is 2.79. The zero-order valence-electron chi connectivity index (χ0n) is 10.8. The largest absolute Gasteiger partial charge is 0.459 e. The van der Waals surface area contributed by atoms with Crippen molar-refractivity contribution in [2.75, 3.05) is 6.61 Å². The molecule has 0 aliphatic rings. The number of benzene rings is 1. The molecule has 3 N–H and O–H groups in total. The topological polar surface area (TPSA) is 74.5 Å². The maximum atomic E-state index is 11.6. The van der Waals surface area contributed by atoms with E-state index < -0.39 is 0 Å². The van der Waals surface area contributed by atoms with Crippen molar-refractivity contribution in [1.82, 2.24) is 10.6 Å². The van der Waals surface area contributed by atoms with Crippen LogP contribution in [-0.2, 0) is 6.54 Å². The smallest absolute Gasteiger partial charge is 0.315 e. The number of fused-ring (bicyclic) bond motifs is 1. The lowest BCUT2D eigenvalue weighted by Crippen LogP contribution is -2.40. The summed E-state index contributed by atoms with van der Waals surface area (Å²) in [4.78, 5) is 11.6. The van der Waals surface area contributed by atoms with Crippen LogP contribution < -0.4 is 10.6 Å². The van der Waals surface area contributed by atoms with Crippen LogP contribution in [0, 0.1) is 0 Å².